The minimum Gasteiger partial charge on any atom is -0.0836 e. The highest BCUT2D eigenvalue weighted by atomic mass is 127. The van der Waals surface area contributed by atoms with Crippen LogP contribution in [0.25, 0.3) is 32.3 Å². The summed E-state index contributed by atoms with van der Waals surface area (Å²) in [6.07, 6.45) is 0. The molecule has 20 heavy (non-hydrogen) atoms. The van der Waals surface area contributed by atoms with Crippen molar-refractivity contribution in [2.75, 3.05) is 0 Å². The average Bonchev–Trinajstić information content (AvgIpc) is 2.47. The molecule has 0 aliphatic rings. The molecule has 0 heterocycles. The molecular formula is C18H10ClI. The summed E-state index contributed by atoms with van der Waals surface area (Å²) in [7, 11) is 0. The Morgan fingerprint density at radius 1 is 0.700 bits per heavy atom. The van der Waals surface area contributed by atoms with Gasteiger partial charge in [-0.05, 0) is 61.7 Å². The van der Waals surface area contributed by atoms with E-state index in [1.807, 2.05) is 12.1 Å². The van der Waals surface area contributed by atoms with Gasteiger partial charge in [0.05, 0.1) is 0 Å². The van der Waals surface area contributed by atoms with Crippen LogP contribution in [-0.4, -0.2) is 0 Å². The van der Waals surface area contributed by atoms with Crippen molar-refractivity contribution in [1.82, 2.24) is 0 Å². The van der Waals surface area contributed by atoms with Crippen molar-refractivity contribution >= 4 is 66.5 Å². The maximum Gasteiger partial charge on any atom is 0.0495 e. The fourth-order valence-electron chi connectivity index (χ4n) is 2.83. The summed E-state index contributed by atoms with van der Waals surface area (Å²) in [6.45, 7) is 0. The van der Waals surface area contributed by atoms with E-state index in [9.17, 15) is 0 Å². The van der Waals surface area contributed by atoms with Gasteiger partial charge in [0.25, 0.3) is 0 Å². The van der Waals surface area contributed by atoms with Gasteiger partial charge in [-0.25, -0.2) is 0 Å². The van der Waals surface area contributed by atoms with Crippen LogP contribution in [-0.2, 0) is 0 Å². The number of rotatable bonds is 0. The Bertz CT molecular complexity index is 973. The number of halogens is 2. The maximum absolute atomic E-state index is 6.38. The summed E-state index contributed by atoms with van der Waals surface area (Å²) >= 11 is 8.79. The molecule has 4 aromatic rings. The van der Waals surface area contributed by atoms with E-state index in [-0.39, 0.29) is 0 Å². The van der Waals surface area contributed by atoms with Crippen LogP contribution in [0, 0.1) is 3.57 Å². The molecule has 0 nitrogen and oxygen atoms in total. The number of hydrogen-bond acceptors (Lipinski definition) is 0. The van der Waals surface area contributed by atoms with Gasteiger partial charge in [0.2, 0.25) is 0 Å². The van der Waals surface area contributed by atoms with Crippen molar-refractivity contribution in [1.29, 1.82) is 0 Å². The predicted octanol–water partition coefficient (Wildman–Crippen LogP) is 6.40. The average molecular weight is 389 g/mol. The molecule has 0 fully saturated rings. The maximum atomic E-state index is 6.38. The van der Waals surface area contributed by atoms with E-state index in [0.29, 0.717) is 0 Å². The first-order valence-electron chi connectivity index (χ1n) is 6.44. The lowest BCUT2D eigenvalue weighted by atomic mass is 9.98. The van der Waals surface area contributed by atoms with Crippen LogP contribution in [0.5, 0.6) is 0 Å². The van der Waals surface area contributed by atoms with Gasteiger partial charge in [0, 0.05) is 14.0 Å². The first kappa shape index (κ1) is 12.4. The molecule has 0 aliphatic carbocycles. The van der Waals surface area contributed by atoms with Crippen molar-refractivity contribution in [3.8, 4) is 0 Å². The molecule has 4 aromatic carbocycles. The highest BCUT2D eigenvalue weighted by Gasteiger charge is 2.10. The molecule has 0 bridgehead atoms. The summed E-state index contributed by atoms with van der Waals surface area (Å²) in [6, 6.07) is 21.2. The number of benzene rings is 4. The van der Waals surface area contributed by atoms with Crippen LogP contribution in [0.15, 0.2) is 60.7 Å². The monoisotopic (exact) mass is 388 g/mol. The van der Waals surface area contributed by atoms with Gasteiger partial charge in [0.15, 0.2) is 0 Å². The van der Waals surface area contributed by atoms with Gasteiger partial charge >= 0.3 is 0 Å². The van der Waals surface area contributed by atoms with Gasteiger partial charge in [-0.3, -0.25) is 0 Å². The van der Waals surface area contributed by atoms with Crippen LogP contribution < -0.4 is 0 Å². The topological polar surface area (TPSA) is 0 Å². The Morgan fingerprint density at radius 2 is 1.50 bits per heavy atom. The summed E-state index contributed by atoms with van der Waals surface area (Å²) in [5, 5.41) is 8.30. The second-order valence-electron chi connectivity index (χ2n) is 4.91. The molecule has 0 N–H and O–H groups in total. The second kappa shape index (κ2) is 4.61. The molecule has 0 aliphatic heterocycles. The molecule has 0 atom stereocenters. The second-order valence-corrected chi connectivity index (χ2v) is 6.40. The lowest BCUT2D eigenvalue weighted by molar-refractivity contribution is 1.75. The van der Waals surface area contributed by atoms with E-state index in [1.54, 1.807) is 0 Å². The first-order valence-corrected chi connectivity index (χ1v) is 7.89. The van der Waals surface area contributed by atoms with Crippen molar-refractivity contribution < 1.29 is 0 Å². The normalized spacial score (nSPS) is 11.5. The molecule has 0 radical (unpaired) electrons. The van der Waals surface area contributed by atoms with Gasteiger partial charge < -0.3 is 0 Å². The molecule has 96 valence electrons. The largest absolute Gasteiger partial charge is 0.0836 e. The van der Waals surface area contributed by atoms with E-state index < -0.39 is 0 Å². The minimum atomic E-state index is 0.821. The summed E-state index contributed by atoms with van der Waals surface area (Å²) in [5.41, 5.74) is 0. The minimum absolute atomic E-state index is 0.821. The van der Waals surface area contributed by atoms with Crippen molar-refractivity contribution in [3.05, 3.63) is 69.3 Å². The fraction of sp³-hybridized carbons (Fsp3) is 0. The third-order valence-electron chi connectivity index (χ3n) is 3.77. The highest BCUT2D eigenvalue weighted by molar-refractivity contribution is 14.1. The highest BCUT2D eigenvalue weighted by Crippen LogP contribution is 2.36. The molecule has 4 rings (SSSR count). The Labute approximate surface area is 135 Å². The van der Waals surface area contributed by atoms with Crippen molar-refractivity contribution in [3.63, 3.8) is 0 Å². The van der Waals surface area contributed by atoms with E-state index in [1.165, 1.54) is 30.5 Å². The first-order chi connectivity index (χ1) is 9.75. The van der Waals surface area contributed by atoms with Gasteiger partial charge in [-0.2, -0.15) is 0 Å². The summed E-state index contributed by atoms with van der Waals surface area (Å²) in [4.78, 5) is 0. The third kappa shape index (κ3) is 1.73. The molecule has 0 spiro atoms. The number of fused-ring (bicyclic) bond motifs is 4. The van der Waals surface area contributed by atoms with E-state index in [4.69, 9.17) is 11.6 Å². The molecule has 0 saturated heterocycles. The molecule has 0 saturated carbocycles. The SMILES string of the molecule is Clc1cccc2cc3c(ccc4ccccc43)c(I)c12. The third-order valence-corrected chi connectivity index (χ3v) is 5.21. The van der Waals surface area contributed by atoms with Gasteiger partial charge in [-0.1, -0.05) is 60.1 Å². The van der Waals surface area contributed by atoms with Gasteiger partial charge in [0.1, 0.15) is 0 Å². The standard InChI is InChI=1S/C18H10ClI/c19-16-7-3-5-12-10-15-13-6-2-1-4-11(13)8-9-14(15)18(20)17(12)16/h1-10H. The Morgan fingerprint density at radius 3 is 2.40 bits per heavy atom. The smallest absolute Gasteiger partial charge is 0.0495 e. The predicted molar refractivity (Wildman–Crippen MR) is 96.7 cm³/mol. The summed E-state index contributed by atoms with van der Waals surface area (Å²) in [5.74, 6) is 0. The van der Waals surface area contributed by atoms with Crippen LogP contribution in [0.3, 0.4) is 0 Å². The van der Waals surface area contributed by atoms with E-state index >= 15 is 0 Å². The van der Waals surface area contributed by atoms with Crippen molar-refractivity contribution in [2.24, 2.45) is 0 Å². The van der Waals surface area contributed by atoms with Gasteiger partial charge in [-0.15, -0.1) is 0 Å². The Hall–Kier alpha value is -1.32. The fourth-order valence-corrected chi connectivity index (χ4v) is 4.33. The zero-order valence-corrected chi connectivity index (χ0v) is 13.4. The van der Waals surface area contributed by atoms with Crippen LogP contribution >= 0.6 is 34.2 Å². The van der Waals surface area contributed by atoms with Crippen molar-refractivity contribution in [2.45, 2.75) is 0 Å². The van der Waals surface area contributed by atoms with Crippen LogP contribution in [0.2, 0.25) is 5.02 Å². The zero-order chi connectivity index (χ0) is 13.7. The Balaban J connectivity index is 2.32. The molecule has 2 heteroatoms. The molecule has 0 amide bonds. The quantitative estimate of drug-likeness (QED) is 0.186. The lowest BCUT2D eigenvalue weighted by Gasteiger charge is -2.10. The van der Waals surface area contributed by atoms with Crippen LogP contribution in [0.4, 0.5) is 0 Å². The summed E-state index contributed by atoms with van der Waals surface area (Å²) < 4.78 is 1.23. The molecule has 0 unspecified atom stereocenters. The Kier molecular flexibility index (Phi) is 2.86. The molecular weight excluding hydrogens is 379 g/mol. The van der Waals surface area contributed by atoms with E-state index in [2.05, 4.69) is 71.1 Å². The van der Waals surface area contributed by atoms with E-state index in [0.717, 1.165) is 10.4 Å². The van der Waals surface area contributed by atoms with Crippen LogP contribution in [0.1, 0.15) is 0 Å². The zero-order valence-electron chi connectivity index (χ0n) is 10.5. The number of hydrogen-bond donors (Lipinski definition) is 0. The molecule has 0 aromatic heterocycles. The lowest BCUT2D eigenvalue weighted by Crippen LogP contribution is -1.85.